The molecule has 1 fully saturated rings. The van der Waals surface area contributed by atoms with E-state index in [2.05, 4.69) is 4.74 Å². The lowest BCUT2D eigenvalue weighted by Crippen LogP contribution is -2.41. The van der Waals surface area contributed by atoms with E-state index in [-0.39, 0.29) is 24.1 Å². The van der Waals surface area contributed by atoms with Crippen LogP contribution in [0.25, 0.3) is 0 Å². The Balaban J connectivity index is 2.28. The molecule has 1 atom stereocenters. The number of benzene rings is 1. The number of hydrogen-bond acceptors (Lipinski definition) is 5. The summed E-state index contributed by atoms with van der Waals surface area (Å²) in [5.74, 6) is -0.987. The Morgan fingerprint density at radius 1 is 1.48 bits per heavy atom. The molecule has 1 unspecified atom stereocenters. The first-order valence-corrected chi connectivity index (χ1v) is 6.79. The third kappa shape index (κ3) is 3.68. The summed E-state index contributed by atoms with van der Waals surface area (Å²) >= 11 is 0. The normalized spacial score (nSPS) is 18.4. The van der Waals surface area contributed by atoms with Crippen molar-refractivity contribution in [3.8, 4) is 0 Å². The first-order chi connectivity index (χ1) is 10.0. The monoisotopic (exact) mass is 296 g/mol. The topological polar surface area (TPSA) is 72.7 Å². The van der Waals surface area contributed by atoms with E-state index in [0.717, 1.165) is 25.3 Å². The van der Waals surface area contributed by atoms with Gasteiger partial charge in [-0.1, -0.05) is 0 Å². The molecule has 0 radical (unpaired) electrons. The summed E-state index contributed by atoms with van der Waals surface area (Å²) in [5, 5.41) is 10.8. The van der Waals surface area contributed by atoms with Gasteiger partial charge in [0.2, 0.25) is 0 Å². The van der Waals surface area contributed by atoms with Gasteiger partial charge in [0.05, 0.1) is 24.5 Å². The number of carbonyl (C=O) groups excluding carboxylic acids is 1. The van der Waals surface area contributed by atoms with Crippen molar-refractivity contribution in [3.05, 3.63) is 34.1 Å². The summed E-state index contributed by atoms with van der Waals surface area (Å²) in [6.07, 6.45) is 2.85. The molecule has 0 N–H and O–H groups in total. The van der Waals surface area contributed by atoms with Crippen molar-refractivity contribution < 1.29 is 18.8 Å². The molecule has 2 rings (SSSR count). The SMILES string of the molecule is COC(=O)CC1CCCCN1c1cc(F)cc([N+](=O)[O-])c1. The lowest BCUT2D eigenvalue weighted by molar-refractivity contribution is -0.385. The van der Waals surface area contributed by atoms with Crippen molar-refractivity contribution in [2.45, 2.75) is 31.7 Å². The molecule has 0 spiro atoms. The third-order valence-electron chi connectivity index (χ3n) is 3.67. The van der Waals surface area contributed by atoms with Crippen LogP contribution >= 0.6 is 0 Å². The van der Waals surface area contributed by atoms with Crippen molar-refractivity contribution >= 4 is 17.3 Å². The van der Waals surface area contributed by atoms with Crippen LogP contribution in [0, 0.1) is 15.9 Å². The van der Waals surface area contributed by atoms with Crippen LogP contribution in [0.1, 0.15) is 25.7 Å². The largest absolute Gasteiger partial charge is 0.469 e. The zero-order valence-corrected chi connectivity index (χ0v) is 11.8. The van der Waals surface area contributed by atoms with E-state index < -0.39 is 10.7 Å². The van der Waals surface area contributed by atoms with Gasteiger partial charge in [0.1, 0.15) is 5.82 Å². The van der Waals surface area contributed by atoms with Gasteiger partial charge in [0.25, 0.3) is 5.69 Å². The number of methoxy groups -OCH3 is 1. The molecule has 1 heterocycles. The number of anilines is 1. The van der Waals surface area contributed by atoms with Gasteiger partial charge in [0, 0.05) is 24.3 Å². The standard InChI is InChI=1S/C14H17FN2O4/c1-21-14(18)9-11-4-2-3-5-16(11)12-6-10(15)7-13(8-12)17(19)20/h6-8,11H,2-5,9H2,1H3. The van der Waals surface area contributed by atoms with E-state index in [1.165, 1.54) is 19.2 Å². The molecule has 1 saturated heterocycles. The van der Waals surface area contributed by atoms with Crippen LogP contribution < -0.4 is 4.90 Å². The molecule has 0 bridgehead atoms. The summed E-state index contributed by atoms with van der Waals surface area (Å²) in [4.78, 5) is 23.5. The molecule has 114 valence electrons. The van der Waals surface area contributed by atoms with E-state index >= 15 is 0 Å². The Labute approximate surface area is 121 Å². The first kappa shape index (κ1) is 15.2. The highest BCUT2D eigenvalue weighted by Gasteiger charge is 2.27. The van der Waals surface area contributed by atoms with E-state index in [4.69, 9.17) is 0 Å². The second-order valence-corrected chi connectivity index (χ2v) is 5.05. The first-order valence-electron chi connectivity index (χ1n) is 6.79. The number of carbonyl (C=O) groups is 1. The molecule has 0 aliphatic carbocycles. The van der Waals surface area contributed by atoms with Gasteiger partial charge in [-0.05, 0) is 25.3 Å². The molecular weight excluding hydrogens is 279 g/mol. The molecule has 1 aromatic rings. The second kappa shape index (κ2) is 6.51. The van der Waals surface area contributed by atoms with Crippen LogP contribution in [0.4, 0.5) is 15.8 Å². The number of esters is 1. The number of piperidine rings is 1. The number of rotatable bonds is 4. The number of nitro groups is 1. The molecule has 0 saturated carbocycles. The molecule has 1 aliphatic heterocycles. The van der Waals surface area contributed by atoms with Crippen molar-refractivity contribution in [1.29, 1.82) is 0 Å². The van der Waals surface area contributed by atoms with Crippen molar-refractivity contribution in [1.82, 2.24) is 0 Å². The van der Waals surface area contributed by atoms with Crippen LogP contribution in [0.15, 0.2) is 18.2 Å². The van der Waals surface area contributed by atoms with Gasteiger partial charge in [-0.3, -0.25) is 14.9 Å². The minimum Gasteiger partial charge on any atom is -0.469 e. The Hall–Kier alpha value is -2.18. The molecule has 6 nitrogen and oxygen atoms in total. The zero-order chi connectivity index (χ0) is 15.4. The van der Waals surface area contributed by atoms with Crippen molar-refractivity contribution in [2.24, 2.45) is 0 Å². The highest BCUT2D eigenvalue weighted by Crippen LogP contribution is 2.30. The van der Waals surface area contributed by atoms with Gasteiger partial charge < -0.3 is 9.64 Å². The maximum Gasteiger partial charge on any atom is 0.307 e. The maximum atomic E-state index is 13.6. The van der Waals surface area contributed by atoms with Crippen LogP contribution in [0.3, 0.4) is 0 Å². The van der Waals surface area contributed by atoms with Crippen LogP contribution in [0.5, 0.6) is 0 Å². The number of nitro benzene ring substituents is 1. The summed E-state index contributed by atoms with van der Waals surface area (Å²) in [5.41, 5.74) is 0.155. The minimum atomic E-state index is -0.651. The van der Waals surface area contributed by atoms with E-state index in [1.807, 2.05) is 4.90 Å². The third-order valence-corrected chi connectivity index (χ3v) is 3.67. The molecule has 21 heavy (non-hydrogen) atoms. The number of ether oxygens (including phenoxy) is 1. The molecular formula is C14H17FN2O4. The van der Waals surface area contributed by atoms with E-state index in [0.29, 0.717) is 12.2 Å². The fraction of sp³-hybridized carbons (Fsp3) is 0.500. The highest BCUT2D eigenvalue weighted by atomic mass is 19.1. The summed E-state index contributed by atoms with van der Waals surface area (Å²) in [7, 11) is 1.32. The van der Waals surface area contributed by atoms with Crippen molar-refractivity contribution in [3.63, 3.8) is 0 Å². The smallest absolute Gasteiger partial charge is 0.307 e. The van der Waals surface area contributed by atoms with Crippen LogP contribution in [0.2, 0.25) is 0 Å². The van der Waals surface area contributed by atoms with E-state index in [1.54, 1.807) is 0 Å². The Bertz CT molecular complexity index is 550. The molecule has 0 amide bonds. The average Bonchev–Trinajstić information content (AvgIpc) is 2.47. The van der Waals surface area contributed by atoms with Gasteiger partial charge in [0.15, 0.2) is 0 Å². The molecule has 1 aromatic carbocycles. The molecule has 1 aliphatic rings. The van der Waals surface area contributed by atoms with Gasteiger partial charge in [-0.15, -0.1) is 0 Å². The minimum absolute atomic E-state index is 0.118. The maximum absolute atomic E-state index is 13.6. The predicted octanol–water partition coefficient (Wildman–Crippen LogP) is 2.66. The number of nitrogens with zero attached hydrogens (tertiary/aromatic N) is 2. The van der Waals surface area contributed by atoms with Gasteiger partial charge >= 0.3 is 5.97 Å². The molecule has 7 heteroatoms. The second-order valence-electron chi connectivity index (χ2n) is 5.05. The number of non-ortho nitro benzene ring substituents is 1. The summed E-state index contributed by atoms with van der Waals surface area (Å²) < 4.78 is 18.3. The Morgan fingerprint density at radius 2 is 2.24 bits per heavy atom. The Morgan fingerprint density at radius 3 is 2.90 bits per heavy atom. The fourth-order valence-electron chi connectivity index (χ4n) is 2.66. The predicted molar refractivity (Wildman–Crippen MR) is 74.7 cm³/mol. The van der Waals surface area contributed by atoms with Crippen LogP contribution in [-0.4, -0.2) is 30.6 Å². The molecule has 0 aromatic heterocycles. The quantitative estimate of drug-likeness (QED) is 0.485. The average molecular weight is 296 g/mol. The summed E-state index contributed by atoms with van der Waals surface area (Å²) in [6.45, 7) is 0.641. The number of hydrogen-bond donors (Lipinski definition) is 0. The number of halogens is 1. The van der Waals surface area contributed by atoms with Gasteiger partial charge in [-0.25, -0.2) is 4.39 Å². The van der Waals surface area contributed by atoms with Gasteiger partial charge in [-0.2, -0.15) is 0 Å². The lowest BCUT2D eigenvalue weighted by Gasteiger charge is -2.37. The highest BCUT2D eigenvalue weighted by molar-refractivity contribution is 5.71. The Kier molecular flexibility index (Phi) is 4.72. The zero-order valence-electron chi connectivity index (χ0n) is 11.8. The van der Waals surface area contributed by atoms with Crippen LogP contribution in [-0.2, 0) is 9.53 Å². The fourth-order valence-corrected chi connectivity index (χ4v) is 2.66. The van der Waals surface area contributed by atoms with E-state index in [9.17, 15) is 19.3 Å². The summed E-state index contributed by atoms with van der Waals surface area (Å²) in [6, 6.07) is 3.39. The lowest BCUT2D eigenvalue weighted by atomic mass is 9.98. The van der Waals surface area contributed by atoms with Crippen molar-refractivity contribution in [2.75, 3.05) is 18.6 Å².